The van der Waals surface area contributed by atoms with Crippen molar-refractivity contribution in [2.75, 3.05) is 5.73 Å². The Morgan fingerprint density at radius 1 is 1.23 bits per heavy atom. The number of halogens is 1. The van der Waals surface area contributed by atoms with Crippen LogP contribution in [0, 0.1) is 0 Å². The molecule has 7 nitrogen and oxygen atoms in total. The normalized spacial score (nSPS) is 15.0. The Morgan fingerprint density at radius 3 is 2.59 bits per heavy atom. The van der Waals surface area contributed by atoms with Crippen molar-refractivity contribution < 1.29 is 0 Å². The number of fused-ring (bicyclic) bond motifs is 1. The number of hydrogen-bond acceptors (Lipinski definition) is 5. The summed E-state index contributed by atoms with van der Waals surface area (Å²) in [5, 5.41) is 10.8. The van der Waals surface area contributed by atoms with E-state index in [1.54, 1.807) is 29.3 Å². The summed E-state index contributed by atoms with van der Waals surface area (Å²) in [6, 6.07) is 0.546. The number of nitrogens with one attached hydrogen (secondary N) is 1. The quantitative estimate of drug-likeness (QED) is 0.614. The molecular weight excluding hydrogens is 346 g/mol. The van der Waals surface area contributed by atoms with Crippen LogP contribution >= 0.6 is 15.9 Å². The number of nitrogen functional groups attached to an aromatic ring is 1. The fourth-order valence-electron chi connectivity index (χ4n) is 2.49. The Bertz CT molecular complexity index is 744. The third-order valence-corrected chi connectivity index (χ3v) is 4.34. The molecule has 0 spiro atoms. The van der Waals surface area contributed by atoms with Crippen molar-refractivity contribution in [2.24, 2.45) is 5.73 Å². The van der Waals surface area contributed by atoms with E-state index in [-0.39, 0.29) is 0 Å². The molecule has 0 amide bonds. The van der Waals surface area contributed by atoms with Crippen molar-refractivity contribution in [2.45, 2.75) is 31.7 Å². The van der Waals surface area contributed by atoms with Gasteiger partial charge in [0.2, 0.25) is 0 Å². The van der Waals surface area contributed by atoms with Gasteiger partial charge in [0.1, 0.15) is 5.82 Å². The fraction of sp³-hybridized carbons (Fsp3) is 0.357. The Hall–Kier alpha value is -1.93. The summed E-state index contributed by atoms with van der Waals surface area (Å²) in [4.78, 5) is 4.29. The molecule has 1 saturated carbocycles. The average molecular weight is 364 g/mol. The van der Waals surface area contributed by atoms with Crippen LogP contribution < -0.4 is 11.5 Å². The second-order valence-corrected chi connectivity index (χ2v) is 6.17. The lowest BCUT2D eigenvalue weighted by Crippen LogP contribution is -2.13. The third-order valence-electron chi connectivity index (χ3n) is 3.73. The number of rotatable bonds is 1. The Balaban J connectivity index is 0.000000202. The van der Waals surface area contributed by atoms with Crippen molar-refractivity contribution in [1.29, 1.82) is 0 Å². The summed E-state index contributed by atoms with van der Waals surface area (Å²) in [7, 11) is 0. The highest BCUT2D eigenvalue weighted by Gasteiger charge is 2.11. The number of nitrogens with two attached hydrogens (primary N) is 2. The highest BCUT2D eigenvalue weighted by atomic mass is 79.9. The minimum absolute atomic E-state index is 0.528. The van der Waals surface area contributed by atoms with Crippen LogP contribution in [0.5, 0.6) is 0 Å². The number of hydrogen-bond donors (Lipinski definition) is 3. The van der Waals surface area contributed by atoms with Crippen LogP contribution in [-0.4, -0.2) is 30.8 Å². The van der Waals surface area contributed by atoms with Crippen LogP contribution in [0.4, 0.5) is 5.82 Å². The van der Waals surface area contributed by atoms with Crippen LogP contribution in [0.25, 0.3) is 16.8 Å². The number of aromatic amines is 1. The van der Waals surface area contributed by atoms with Crippen molar-refractivity contribution >= 4 is 27.4 Å². The van der Waals surface area contributed by atoms with Gasteiger partial charge in [0.05, 0.1) is 16.9 Å². The predicted molar refractivity (Wildman–Crippen MR) is 89.1 cm³/mol. The zero-order chi connectivity index (χ0) is 15.5. The van der Waals surface area contributed by atoms with Crippen LogP contribution in [0.2, 0.25) is 0 Å². The molecule has 0 radical (unpaired) electrons. The van der Waals surface area contributed by atoms with E-state index in [1.165, 1.54) is 25.7 Å². The van der Waals surface area contributed by atoms with Crippen molar-refractivity contribution in [3.8, 4) is 11.1 Å². The lowest BCUT2D eigenvalue weighted by molar-refractivity contribution is 0.704. The maximum Gasteiger partial charge on any atom is 0.165 e. The number of nitrogens with zero attached hydrogens (tertiary/aromatic N) is 4. The molecule has 0 saturated heterocycles. The van der Waals surface area contributed by atoms with Gasteiger partial charge in [-0.2, -0.15) is 14.7 Å². The van der Waals surface area contributed by atoms with Crippen molar-refractivity contribution in [1.82, 2.24) is 24.8 Å². The molecule has 0 atom stereocenters. The van der Waals surface area contributed by atoms with Gasteiger partial charge in [0.25, 0.3) is 0 Å². The third kappa shape index (κ3) is 2.97. The summed E-state index contributed by atoms with van der Waals surface area (Å²) in [6.45, 7) is 0. The summed E-state index contributed by atoms with van der Waals surface area (Å²) in [5.41, 5.74) is 14.0. The second-order valence-electron chi connectivity index (χ2n) is 5.32. The van der Waals surface area contributed by atoms with Crippen LogP contribution in [0.15, 0.2) is 29.3 Å². The molecule has 8 heteroatoms. The van der Waals surface area contributed by atoms with Gasteiger partial charge in [-0.3, -0.25) is 5.10 Å². The number of aromatic nitrogens is 5. The highest BCUT2D eigenvalue weighted by molar-refractivity contribution is 9.10. The van der Waals surface area contributed by atoms with E-state index in [0.29, 0.717) is 17.5 Å². The van der Waals surface area contributed by atoms with Crippen LogP contribution in [0.1, 0.15) is 25.7 Å². The standard InChI is InChI=1S/C9H7BrN6.C5H11N/c10-7-4-12-9-6(5-1-13-14-2-5)3-15-16(9)8(7)11;6-5-3-1-2-4-5/h1-4H,11H2,(H,13,14);5H,1-4,6H2. The minimum atomic E-state index is 0.528. The molecule has 0 bridgehead atoms. The lowest BCUT2D eigenvalue weighted by Gasteiger charge is -2.00. The molecule has 3 aromatic heterocycles. The van der Waals surface area contributed by atoms with Gasteiger partial charge in [0, 0.05) is 29.6 Å². The molecular formula is C14H18BrN7. The minimum Gasteiger partial charge on any atom is -0.383 e. The predicted octanol–water partition coefficient (Wildman–Crippen LogP) is 2.35. The first-order valence-corrected chi connectivity index (χ1v) is 7.98. The van der Waals surface area contributed by atoms with E-state index < -0.39 is 0 Å². The van der Waals surface area contributed by atoms with E-state index in [1.807, 2.05) is 0 Å². The van der Waals surface area contributed by atoms with Crippen molar-refractivity contribution in [3.63, 3.8) is 0 Å². The SMILES string of the molecule is NC1CCCC1.Nc1c(Br)cnc2c(-c3cn[nH]c3)cnn12. The first-order valence-electron chi connectivity index (χ1n) is 7.19. The van der Waals surface area contributed by atoms with Crippen molar-refractivity contribution in [3.05, 3.63) is 29.3 Å². The molecule has 0 aliphatic heterocycles. The summed E-state index contributed by atoms with van der Waals surface area (Å²) in [5.74, 6) is 0.528. The van der Waals surface area contributed by atoms with E-state index in [2.05, 4.69) is 36.2 Å². The molecule has 4 rings (SSSR count). The largest absolute Gasteiger partial charge is 0.383 e. The monoisotopic (exact) mass is 363 g/mol. The van der Waals surface area contributed by atoms with Gasteiger partial charge in [-0.1, -0.05) is 12.8 Å². The number of anilines is 1. The Morgan fingerprint density at radius 2 is 2.00 bits per heavy atom. The smallest absolute Gasteiger partial charge is 0.165 e. The molecule has 0 unspecified atom stereocenters. The Labute approximate surface area is 136 Å². The summed E-state index contributed by atoms with van der Waals surface area (Å²) >= 11 is 3.31. The van der Waals surface area contributed by atoms with Crippen LogP contribution in [-0.2, 0) is 0 Å². The average Bonchev–Trinajstić information content (AvgIpc) is 3.23. The van der Waals surface area contributed by atoms with Gasteiger partial charge in [0.15, 0.2) is 5.65 Å². The molecule has 0 aromatic carbocycles. The van der Waals surface area contributed by atoms with Gasteiger partial charge in [-0.25, -0.2) is 4.98 Å². The lowest BCUT2D eigenvalue weighted by atomic mass is 10.2. The molecule has 5 N–H and O–H groups in total. The molecule has 1 fully saturated rings. The summed E-state index contributed by atoms with van der Waals surface area (Å²) in [6.07, 6.45) is 12.1. The fourth-order valence-corrected chi connectivity index (χ4v) is 2.76. The maximum atomic E-state index is 5.88. The van der Waals surface area contributed by atoms with E-state index in [4.69, 9.17) is 11.5 Å². The molecule has 3 aromatic rings. The molecule has 116 valence electrons. The second kappa shape index (κ2) is 6.45. The summed E-state index contributed by atoms with van der Waals surface area (Å²) < 4.78 is 2.31. The highest BCUT2D eigenvalue weighted by Crippen LogP contribution is 2.26. The molecule has 1 aliphatic rings. The van der Waals surface area contributed by atoms with E-state index >= 15 is 0 Å². The molecule has 22 heavy (non-hydrogen) atoms. The maximum absolute atomic E-state index is 5.88. The molecule has 1 aliphatic carbocycles. The van der Waals surface area contributed by atoms with E-state index in [9.17, 15) is 0 Å². The molecule has 3 heterocycles. The Kier molecular flexibility index (Phi) is 4.39. The zero-order valence-electron chi connectivity index (χ0n) is 12.0. The topological polar surface area (TPSA) is 111 Å². The zero-order valence-corrected chi connectivity index (χ0v) is 13.6. The van der Waals surface area contributed by atoms with Gasteiger partial charge < -0.3 is 11.5 Å². The first-order chi connectivity index (χ1) is 10.7. The van der Waals surface area contributed by atoms with Gasteiger partial charge >= 0.3 is 0 Å². The van der Waals surface area contributed by atoms with Gasteiger partial charge in [-0.05, 0) is 28.8 Å². The van der Waals surface area contributed by atoms with E-state index in [0.717, 1.165) is 15.6 Å². The number of H-pyrrole nitrogens is 1. The van der Waals surface area contributed by atoms with Crippen LogP contribution in [0.3, 0.4) is 0 Å². The van der Waals surface area contributed by atoms with Gasteiger partial charge in [-0.15, -0.1) is 0 Å². The first kappa shape index (κ1) is 15.0.